The molecule has 0 saturated heterocycles. The summed E-state index contributed by atoms with van der Waals surface area (Å²) in [6.07, 6.45) is 1.02. The molecular weight excluding hydrogens is 491 g/mol. The van der Waals surface area contributed by atoms with Crippen LogP contribution in [0.25, 0.3) is 0 Å². The lowest BCUT2D eigenvalue weighted by Crippen LogP contribution is -2.36. The maximum Gasteiger partial charge on any atom is 0.191 e. The number of benzene rings is 2. The second-order valence-corrected chi connectivity index (χ2v) is 7.01. The molecule has 6 nitrogen and oxygen atoms in total. The van der Waals surface area contributed by atoms with E-state index in [1.165, 1.54) is 0 Å². The van der Waals surface area contributed by atoms with Gasteiger partial charge < -0.3 is 25.0 Å². The molecule has 7 heteroatoms. The summed E-state index contributed by atoms with van der Waals surface area (Å²) in [7, 11) is 5.83. The predicted molar refractivity (Wildman–Crippen MR) is 135 cm³/mol. The Morgan fingerprint density at radius 2 is 1.77 bits per heavy atom. The summed E-state index contributed by atoms with van der Waals surface area (Å²) in [6.45, 7) is 5.87. The van der Waals surface area contributed by atoms with E-state index >= 15 is 0 Å². The van der Waals surface area contributed by atoms with Crippen LogP contribution in [0.5, 0.6) is 11.5 Å². The van der Waals surface area contributed by atoms with Crippen molar-refractivity contribution in [3.05, 3.63) is 59.7 Å². The molecule has 0 amide bonds. The number of ether oxygens (including phenoxy) is 2. The number of nitrogens with zero attached hydrogens (tertiary/aromatic N) is 2. The summed E-state index contributed by atoms with van der Waals surface area (Å²) in [4.78, 5) is 6.85. The largest absolute Gasteiger partial charge is 0.496 e. The average Bonchev–Trinajstić information content (AvgIpc) is 2.74. The van der Waals surface area contributed by atoms with Gasteiger partial charge in [-0.3, -0.25) is 0 Å². The molecular formula is C23H35IN4O2. The van der Waals surface area contributed by atoms with Gasteiger partial charge in [0.1, 0.15) is 11.5 Å². The van der Waals surface area contributed by atoms with Crippen LogP contribution in [-0.4, -0.2) is 51.8 Å². The van der Waals surface area contributed by atoms with Gasteiger partial charge in [-0.05, 0) is 51.2 Å². The van der Waals surface area contributed by atoms with Crippen molar-refractivity contribution < 1.29 is 9.47 Å². The molecule has 0 aromatic heterocycles. The zero-order valence-electron chi connectivity index (χ0n) is 18.5. The van der Waals surface area contributed by atoms with Gasteiger partial charge in [0.05, 0.1) is 20.3 Å². The number of methoxy groups -OCH3 is 1. The average molecular weight is 526 g/mol. The third-order valence-corrected chi connectivity index (χ3v) is 4.34. The fourth-order valence-electron chi connectivity index (χ4n) is 2.80. The second-order valence-electron chi connectivity index (χ2n) is 7.01. The number of hydrogen-bond donors (Lipinski definition) is 2. The van der Waals surface area contributed by atoms with Crippen LogP contribution in [0.4, 0.5) is 0 Å². The van der Waals surface area contributed by atoms with E-state index in [2.05, 4.69) is 53.7 Å². The smallest absolute Gasteiger partial charge is 0.191 e. The van der Waals surface area contributed by atoms with Crippen molar-refractivity contribution in [2.45, 2.75) is 26.4 Å². The van der Waals surface area contributed by atoms with Crippen molar-refractivity contribution in [1.82, 2.24) is 15.5 Å². The van der Waals surface area contributed by atoms with Gasteiger partial charge in [0.2, 0.25) is 0 Å². The fourth-order valence-corrected chi connectivity index (χ4v) is 2.80. The van der Waals surface area contributed by atoms with Gasteiger partial charge in [0.15, 0.2) is 5.96 Å². The summed E-state index contributed by atoms with van der Waals surface area (Å²) in [5.41, 5.74) is 2.23. The maximum absolute atomic E-state index is 5.79. The number of guanidine groups is 1. The first-order chi connectivity index (χ1) is 14.1. The topological polar surface area (TPSA) is 58.1 Å². The quantitative estimate of drug-likeness (QED) is 0.201. The van der Waals surface area contributed by atoms with Gasteiger partial charge in [-0.1, -0.05) is 30.3 Å². The first kappa shape index (κ1) is 26.0. The highest BCUT2D eigenvalue weighted by molar-refractivity contribution is 14.0. The molecule has 0 aliphatic rings. The molecule has 166 valence electrons. The molecule has 2 aromatic rings. The van der Waals surface area contributed by atoms with E-state index in [1.807, 2.05) is 36.4 Å². The van der Waals surface area contributed by atoms with Crippen molar-refractivity contribution in [2.75, 3.05) is 40.9 Å². The number of nitrogens with one attached hydrogen (secondary N) is 2. The monoisotopic (exact) mass is 526 g/mol. The third kappa shape index (κ3) is 9.67. The van der Waals surface area contributed by atoms with Crippen LogP contribution in [0, 0.1) is 0 Å². The Labute approximate surface area is 198 Å². The lowest BCUT2D eigenvalue weighted by Gasteiger charge is -2.13. The predicted octanol–water partition coefficient (Wildman–Crippen LogP) is 3.90. The Kier molecular flexibility index (Phi) is 12.9. The van der Waals surface area contributed by atoms with Gasteiger partial charge in [-0.2, -0.15) is 0 Å². The highest BCUT2D eigenvalue weighted by atomic mass is 127. The highest BCUT2D eigenvalue weighted by Gasteiger charge is 2.04. The zero-order valence-corrected chi connectivity index (χ0v) is 20.8. The number of aliphatic imine (C=N–C) groups is 1. The van der Waals surface area contributed by atoms with Crippen molar-refractivity contribution in [1.29, 1.82) is 0 Å². The number of halogens is 1. The lowest BCUT2D eigenvalue weighted by molar-refractivity contribution is 0.281. The maximum atomic E-state index is 5.79. The minimum absolute atomic E-state index is 0. The van der Waals surface area contributed by atoms with Crippen LogP contribution >= 0.6 is 24.0 Å². The molecule has 2 aromatic carbocycles. The van der Waals surface area contributed by atoms with E-state index in [0.29, 0.717) is 13.1 Å². The van der Waals surface area contributed by atoms with E-state index in [-0.39, 0.29) is 24.0 Å². The third-order valence-electron chi connectivity index (χ3n) is 4.34. The highest BCUT2D eigenvalue weighted by Crippen LogP contribution is 2.17. The molecule has 30 heavy (non-hydrogen) atoms. The van der Waals surface area contributed by atoms with E-state index < -0.39 is 0 Å². The van der Waals surface area contributed by atoms with Crippen molar-refractivity contribution in [3.8, 4) is 11.5 Å². The Morgan fingerprint density at radius 1 is 1.03 bits per heavy atom. The summed E-state index contributed by atoms with van der Waals surface area (Å²) in [6, 6.07) is 16.1. The van der Waals surface area contributed by atoms with Crippen LogP contribution in [0.2, 0.25) is 0 Å². The normalized spacial score (nSPS) is 11.0. The second kappa shape index (κ2) is 14.9. The Bertz CT molecular complexity index is 751. The van der Waals surface area contributed by atoms with Gasteiger partial charge in [0, 0.05) is 25.2 Å². The van der Waals surface area contributed by atoms with Crippen LogP contribution in [0.15, 0.2) is 53.5 Å². The van der Waals surface area contributed by atoms with Gasteiger partial charge in [-0.25, -0.2) is 4.99 Å². The SMILES string of the molecule is CCNC(=NCc1ccc(OCCCN(C)C)cc1)NCc1ccccc1OC.I. The Hall–Kier alpha value is -2.00. The Morgan fingerprint density at radius 3 is 2.43 bits per heavy atom. The summed E-state index contributed by atoms with van der Waals surface area (Å²) >= 11 is 0. The molecule has 0 unspecified atom stereocenters. The molecule has 0 saturated carbocycles. The van der Waals surface area contributed by atoms with Crippen molar-refractivity contribution >= 4 is 29.9 Å². The summed E-state index contributed by atoms with van der Waals surface area (Å²) < 4.78 is 11.2. The molecule has 0 spiro atoms. The van der Waals surface area contributed by atoms with Crippen molar-refractivity contribution in [3.63, 3.8) is 0 Å². The summed E-state index contributed by atoms with van der Waals surface area (Å²) in [5, 5.41) is 6.65. The van der Waals surface area contributed by atoms with Gasteiger partial charge in [-0.15, -0.1) is 24.0 Å². The Balaban J connectivity index is 0.00000450. The first-order valence-electron chi connectivity index (χ1n) is 10.1. The lowest BCUT2D eigenvalue weighted by atomic mass is 10.2. The molecule has 0 radical (unpaired) electrons. The molecule has 0 atom stereocenters. The van der Waals surface area contributed by atoms with E-state index in [4.69, 9.17) is 9.47 Å². The molecule has 0 heterocycles. The number of para-hydroxylation sites is 1. The van der Waals surface area contributed by atoms with Gasteiger partial charge >= 0.3 is 0 Å². The first-order valence-corrected chi connectivity index (χ1v) is 10.1. The van der Waals surface area contributed by atoms with Crippen LogP contribution in [0.1, 0.15) is 24.5 Å². The van der Waals surface area contributed by atoms with Gasteiger partial charge in [0.25, 0.3) is 0 Å². The minimum atomic E-state index is 0. The molecule has 0 bridgehead atoms. The summed E-state index contributed by atoms with van der Waals surface area (Å²) in [5.74, 6) is 2.55. The minimum Gasteiger partial charge on any atom is -0.496 e. The number of rotatable bonds is 11. The van der Waals surface area contributed by atoms with E-state index in [9.17, 15) is 0 Å². The zero-order chi connectivity index (χ0) is 20.9. The molecule has 2 N–H and O–H groups in total. The molecule has 2 rings (SSSR count). The molecule has 0 aliphatic heterocycles. The van der Waals surface area contributed by atoms with Crippen LogP contribution < -0.4 is 20.1 Å². The molecule has 0 aliphatic carbocycles. The van der Waals surface area contributed by atoms with Crippen LogP contribution in [-0.2, 0) is 13.1 Å². The number of hydrogen-bond acceptors (Lipinski definition) is 4. The van der Waals surface area contributed by atoms with Crippen molar-refractivity contribution in [2.24, 2.45) is 4.99 Å². The van der Waals surface area contributed by atoms with Crippen LogP contribution in [0.3, 0.4) is 0 Å². The van der Waals surface area contributed by atoms with E-state index in [0.717, 1.165) is 54.7 Å². The fraction of sp³-hybridized carbons (Fsp3) is 0.435. The molecule has 0 fully saturated rings. The standard InChI is InChI=1S/C23H34N4O2.HI/c1-5-24-23(26-18-20-9-6-7-10-22(20)28-4)25-17-19-11-13-21(14-12-19)29-16-8-15-27(2)3;/h6-7,9-14H,5,8,15-18H2,1-4H3,(H2,24,25,26);1H. The van der Waals surface area contributed by atoms with E-state index in [1.54, 1.807) is 7.11 Å².